The summed E-state index contributed by atoms with van der Waals surface area (Å²) in [6, 6.07) is 4.34. The molecular formula is C23H20ClFN4O2S. The fourth-order valence-electron chi connectivity index (χ4n) is 2.88. The van der Waals surface area contributed by atoms with Gasteiger partial charge in [-0.05, 0) is 24.8 Å². The molecule has 2 heterocycles. The van der Waals surface area contributed by atoms with Gasteiger partial charge in [0.1, 0.15) is 11.6 Å². The van der Waals surface area contributed by atoms with Crippen LogP contribution in [0.5, 0.6) is 0 Å². The largest absolute Gasteiger partial charge is 0.352 e. The van der Waals surface area contributed by atoms with Gasteiger partial charge in [-0.2, -0.15) is 0 Å². The molecule has 2 N–H and O–H groups in total. The number of rotatable bonds is 5. The SMILES string of the molecule is CC(C)C(=O)NCc1ccc(Cl)c(-c2nc(-c3cnc(C#CC4CC4)s3)cc(=O)[nH]2)c1F. The maximum absolute atomic E-state index is 15.3. The van der Waals surface area contributed by atoms with Gasteiger partial charge in [0.25, 0.3) is 5.56 Å². The number of nitrogens with one attached hydrogen (secondary N) is 2. The number of H-pyrrole nitrogens is 1. The molecule has 4 rings (SSSR count). The fourth-order valence-corrected chi connectivity index (χ4v) is 3.85. The van der Waals surface area contributed by atoms with E-state index in [4.69, 9.17) is 11.6 Å². The first-order chi connectivity index (χ1) is 15.3. The van der Waals surface area contributed by atoms with Crippen molar-refractivity contribution in [3.8, 4) is 33.8 Å². The van der Waals surface area contributed by atoms with Crippen LogP contribution in [0, 0.1) is 29.5 Å². The molecule has 1 aliphatic carbocycles. The Labute approximate surface area is 193 Å². The molecule has 1 aliphatic rings. The summed E-state index contributed by atoms with van der Waals surface area (Å²) in [4.78, 5) is 36.1. The van der Waals surface area contributed by atoms with Gasteiger partial charge >= 0.3 is 0 Å². The number of thiazole rings is 1. The molecule has 0 spiro atoms. The number of halogens is 2. The summed E-state index contributed by atoms with van der Waals surface area (Å²) in [5.74, 6) is 5.58. The number of carbonyl (C=O) groups is 1. The predicted octanol–water partition coefficient (Wildman–Crippen LogP) is 4.39. The number of carbonyl (C=O) groups excluding carboxylic acids is 1. The second-order valence-electron chi connectivity index (χ2n) is 7.82. The number of aromatic nitrogens is 3. The van der Waals surface area contributed by atoms with Crippen molar-refractivity contribution < 1.29 is 9.18 Å². The highest BCUT2D eigenvalue weighted by atomic mass is 35.5. The minimum Gasteiger partial charge on any atom is -0.352 e. The van der Waals surface area contributed by atoms with Crippen molar-refractivity contribution in [2.24, 2.45) is 11.8 Å². The van der Waals surface area contributed by atoms with Gasteiger partial charge in [-0.15, -0.1) is 11.3 Å². The van der Waals surface area contributed by atoms with Crippen molar-refractivity contribution in [3.05, 3.63) is 56.2 Å². The highest BCUT2D eigenvalue weighted by molar-refractivity contribution is 7.15. The molecule has 1 aromatic carbocycles. The molecule has 164 valence electrons. The molecule has 0 atom stereocenters. The van der Waals surface area contributed by atoms with Gasteiger partial charge in [0.15, 0.2) is 5.01 Å². The predicted molar refractivity (Wildman–Crippen MR) is 123 cm³/mol. The lowest BCUT2D eigenvalue weighted by atomic mass is 10.1. The Morgan fingerprint density at radius 2 is 2.19 bits per heavy atom. The van der Waals surface area contributed by atoms with Crippen molar-refractivity contribution in [1.82, 2.24) is 20.3 Å². The van der Waals surface area contributed by atoms with Gasteiger partial charge < -0.3 is 10.3 Å². The van der Waals surface area contributed by atoms with E-state index in [1.165, 1.54) is 29.5 Å². The van der Waals surface area contributed by atoms with E-state index >= 15 is 4.39 Å². The lowest BCUT2D eigenvalue weighted by Crippen LogP contribution is -2.27. The molecule has 32 heavy (non-hydrogen) atoms. The van der Waals surface area contributed by atoms with Crippen molar-refractivity contribution in [2.45, 2.75) is 33.2 Å². The molecule has 0 saturated heterocycles. The second kappa shape index (κ2) is 9.23. The van der Waals surface area contributed by atoms with Crippen LogP contribution in [0.2, 0.25) is 5.02 Å². The van der Waals surface area contributed by atoms with Gasteiger partial charge in [0.2, 0.25) is 5.91 Å². The second-order valence-corrected chi connectivity index (χ2v) is 9.26. The van der Waals surface area contributed by atoms with Crippen LogP contribution in [0.3, 0.4) is 0 Å². The monoisotopic (exact) mass is 470 g/mol. The quantitative estimate of drug-likeness (QED) is 0.541. The summed E-state index contributed by atoms with van der Waals surface area (Å²) in [6.07, 6.45) is 3.84. The Hall–Kier alpha value is -3.02. The standard InChI is InChI=1S/C23H20ClFN4O2S/c1-12(2)23(31)27-10-14-6-7-15(24)20(21(14)25)22-28-16(9-18(30)29-22)17-11-26-19(32-17)8-5-13-3-4-13/h6-7,9,11-13H,3-4,10H2,1-2H3,(H,27,31)(H,28,29,30). The first kappa shape index (κ1) is 22.2. The molecule has 6 nitrogen and oxygen atoms in total. The van der Waals surface area contributed by atoms with Crippen LogP contribution in [0.4, 0.5) is 4.39 Å². The Morgan fingerprint density at radius 3 is 2.91 bits per heavy atom. The van der Waals surface area contributed by atoms with Gasteiger partial charge in [-0.3, -0.25) is 9.59 Å². The molecular weight excluding hydrogens is 451 g/mol. The molecule has 0 radical (unpaired) electrons. The van der Waals surface area contributed by atoms with E-state index in [0.29, 0.717) is 21.5 Å². The third kappa shape index (κ3) is 5.06. The van der Waals surface area contributed by atoms with Crippen molar-refractivity contribution in [3.63, 3.8) is 0 Å². The normalized spacial score (nSPS) is 13.0. The molecule has 2 aromatic heterocycles. The zero-order valence-corrected chi connectivity index (χ0v) is 19.0. The number of hydrogen-bond donors (Lipinski definition) is 2. The van der Waals surface area contributed by atoms with Crippen LogP contribution in [0.1, 0.15) is 37.3 Å². The van der Waals surface area contributed by atoms with Gasteiger partial charge in [-0.25, -0.2) is 14.4 Å². The minimum atomic E-state index is -0.651. The zero-order chi connectivity index (χ0) is 22.8. The van der Waals surface area contributed by atoms with Crippen molar-refractivity contribution in [1.29, 1.82) is 0 Å². The van der Waals surface area contributed by atoms with E-state index < -0.39 is 11.4 Å². The molecule has 3 aromatic rings. The summed E-state index contributed by atoms with van der Waals surface area (Å²) in [5.41, 5.74) is 0.120. The van der Waals surface area contributed by atoms with E-state index in [0.717, 1.165) is 12.8 Å². The van der Waals surface area contributed by atoms with Crippen LogP contribution in [0.15, 0.2) is 29.2 Å². The number of hydrogen-bond acceptors (Lipinski definition) is 5. The Balaban J connectivity index is 1.67. The molecule has 0 bridgehead atoms. The summed E-state index contributed by atoms with van der Waals surface area (Å²) in [5, 5.41) is 3.42. The average Bonchev–Trinajstić information content (AvgIpc) is 3.46. The van der Waals surface area contributed by atoms with E-state index in [1.807, 2.05) is 0 Å². The van der Waals surface area contributed by atoms with Crippen LogP contribution >= 0.6 is 22.9 Å². The zero-order valence-electron chi connectivity index (χ0n) is 17.5. The first-order valence-electron chi connectivity index (χ1n) is 10.2. The molecule has 9 heteroatoms. The molecule has 1 fully saturated rings. The molecule has 0 unspecified atom stereocenters. The summed E-state index contributed by atoms with van der Waals surface area (Å²) < 4.78 is 15.3. The Morgan fingerprint density at radius 1 is 1.41 bits per heavy atom. The summed E-state index contributed by atoms with van der Waals surface area (Å²) in [7, 11) is 0. The molecule has 1 amide bonds. The lowest BCUT2D eigenvalue weighted by Gasteiger charge is -2.12. The van der Waals surface area contributed by atoms with Crippen LogP contribution in [-0.2, 0) is 11.3 Å². The molecule has 1 saturated carbocycles. The van der Waals surface area contributed by atoms with Gasteiger partial charge in [0.05, 0.1) is 21.2 Å². The van der Waals surface area contributed by atoms with E-state index in [9.17, 15) is 9.59 Å². The topological polar surface area (TPSA) is 87.7 Å². The van der Waals surface area contributed by atoms with E-state index in [2.05, 4.69) is 32.1 Å². The smallest absolute Gasteiger partial charge is 0.251 e. The van der Waals surface area contributed by atoms with Crippen LogP contribution < -0.4 is 10.9 Å². The fraction of sp³-hybridized carbons (Fsp3) is 0.304. The van der Waals surface area contributed by atoms with Crippen molar-refractivity contribution >= 4 is 28.8 Å². The Kier molecular flexibility index (Phi) is 6.40. The Bertz CT molecular complexity index is 1300. The summed E-state index contributed by atoms with van der Waals surface area (Å²) in [6.45, 7) is 3.50. The van der Waals surface area contributed by atoms with E-state index in [-0.39, 0.29) is 40.3 Å². The van der Waals surface area contributed by atoms with Gasteiger partial charge in [-0.1, -0.05) is 37.4 Å². The maximum Gasteiger partial charge on any atom is 0.251 e. The highest BCUT2D eigenvalue weighted by Crippen LogP contribution is 2.32. The average molecular weight is 471 g/mol. The lowest BCUT2D eigenvalue weighted by molar-refractivity contribution is -0.124. The highest BCUT2D eigenvalue weighted by Gasteiger charge is 2.20. The third-order valence-corrected chi connectivity index (χ3v) is 6.10. The number of aromatic amines is 1. The third-order valence-electron chi connectivity index (χ3n) is 4.85. The number of amides is 1. The van der Waals surface area contributed by atoms with Gasteiger partial charge in [0, 0.05) is 36.2 Å². The summed E-state index contributed by atoms with van der Waals surface area (Å²) >= 11 is 7.58. The maximum atomic E-state index is 15.3. The molecule has 0 aliphatic heterocycles. The van der Waals surface area contributed by atoms with Crippen LogP contribution in [0.25, 0.3) is 22.0 Å². The number of nitrogens with zero attached hydrogens (tertiary/aromatic N) is 2. The van der Waals surface area contributed by atoms with Crippen LogP contribution in [-0.4, -0.2) is 20.9 Å². The minimum absolute atomic E-state index is 0.00515. The van der Waals surface area contributed by atoms with E-state index in [1.54, 1.807) is 20.0 Å². The number of benzene rings is 1. The first-order valence-corrected chi connectivity index (χ1v) is 11.4. The van der Waals surface area contributed by atoms with Crippen molar-refractivity contribution in [2.75, 3.05) is 0 Å².